The molecule has 11 nitrogen and oxygen atoms in total. The Hall–Kier alpha value is -4.38. The predicted octanol–water partition coefficient (Wildman–Crippen LogP) is 5.42. The summed E-state index contributed by atoms with van der Waals surface area (Å²) in [6.07, 6.45) is -5.88. The maximum absolute atomic E-state index is 14.8. The number of fused-ring (bicyclic) bond motifs is 3. The Balaban J connectivity index is 1.27. The largest absolute Gasteiger partial charge is 0.461 e. The van der Waals surface area contributed by atoms with Crippen LogP contribution in [0.15, 0.2) is 23.8 Å². The van der Waals surface area contributed by atoms with Crippen LogP contribution in [-0.4, -0.2) is 81.3 Å². The molecular formula is C34H38F6N8O3. The monoisotopic (exact) mass is 720 g/mol. The second kappa shape index (κ2) is 13.0. The number of nitrogen functional groups attached to an aromatic ring is 1. The molecule has 0 saturated carbocycles. The van der Waals surface area contributed by atoms with E-state index in [1.54, 1.807) is 18.8 Å². The molecule has 2 saturated heterocycles. The summed E-state index contributed by atoms with van der Waals surface area (Å²) >= 11 is 0. The Morgan fingerprint density at radius 2 is 1.92 bits per heavy atom. The Labute approximate surface area is 290 Å². The number of hydrogen-bond acceptors (Lipinski definition) is 9. The summed E-state index contributed by atoms with van der Waals surface area (Å²) in [7, 11) is 3.30. The van der Waals surface area contributed by atoms with E-state index >= 15 is 0 Å². The zero-order valence-corrected chi connectivity index (χ0v) is 28.4. The fraction of sp³-hybridized carbons (Fsp3) is 0.529. The molecule has 0 spiro atoms. The maximum atomic E-state index is 14.8. The summed E-state index contributed by atoms with van der Waals surface area (Å²) in [4.78, 5) is 27.8. The van der Waals surface area contributed by atoms with Gasteiger partial charge in [0.1, 0.15) is 18.2 Å². The van der Waals surface area contributed by atoms with Crippen molar-refractivity contribution in [2.45, 2.75) is 76.5 Å². The molecule has 0 unspecified atom stereocenters. The second-order valence-corrected chi connectivity index (χ2v) is 13.9. The van der Waals surface area contributed by atoms with Gasteiger partial charge in [0.2, 0.25) is 0 Å². The number of anilines is 2. The summed E-state index contributed by atoms with van der Waals surface area (Å²) in [5.74, 6) is -1.30. The van der Waals surface area contributed by atoms with Crippen LogP contribution in [0, 0.1) is 12.7 Å². The van der Waals surface area contributed by atoms with Crippen molar-refractivity contribution in [3.8, 4) is 6.01 Å². The molecule has 3 aromatic rings. The number of hydrogen-bond donors (Lipinski definition) is 1. The van der Waals surface area contributed by atoms with Crippen LogP contribution in [0.3, 0.4) is 0 Å². The molecule has 4 aliphatic heterocycles. The highest BCUT2D eigenvalue weighted by Gasteiger charge is 2.48. The zero-order valence-electron chi connectivity index (χ0n) is 28.4. The third-order valence-electron chi connectivity index (χ3n) is 10.4. The van der Waals surface area contributed by atoms with Gasteiger partial charge in [-0.2, -0.15) is 37.0 Å². The van der Waals surface area contributed by atoms with E-state index in [2.05, 4.69) is 10.1 Å². The number of carbonyl (C=O) groups is 1. The van der Waals surface area contributed by atoms with Gasteiger partial charge in [-0.25, -0.2) is 4.39 Å². The van der Waals surface area contributed by atoms with E-state index in [4.69, 9.17) is 20.2 Å². The lowest BCUT2D eigenvalue weighted by molar-refractivity contribution is -0.142. The molecule has 51 heavy (non-hydrogen) atoms. The summed E-state index contributed by atoms with van der Waals surface area (Å²) in [6.45, 7) is 3.80. The van der Waals surface area contributed by atoms with Crippen LogP contribution < -0.4 is 15.4 Å². The number of aromatic nitrogens is 4. The number of nitrogens with two attached hydrogens (primary N) is 1. The lowest BCUT2D eigenvalue weighted by Gasteiger charge is -2.33. The quantitative estimate of drug-likeness (QED) is 0.264. The molecule has 274 valence electrons. The minimum atomic E-state index is -5.01. The van der Waals surface area contributed by atoms with Crippen molar-refractivity contribution in [2.24, 2.45) is 0 Å². The molecule has 2 aromatic heterocycles. The highest BCUT2D eigenvalue weighted by atomic mass is 19.4. The molecular weight excluding hydrogens is 682 g/mol. The third kappa shape index (κ3) is 6.38. The molecule has 0 aliphatic carbocycles. The second-order valence-electron chi connectivity index (χ2n) is 13.9. The van der Waals surface area contributed by atoms with Gasteiger partial charge in [0.15, 0.2) is 5.69 Å². The number of halogens is 6. The fourth-order valence-electron chi connectivity index (χ4n) is 7.86. The van der Waals surface area contributed by atoms with Gasteiger partial charge in [0.05, 0.1) is 41.7 Å². The molecule has 2 N–H and O–H groups in total. The van der Waals surface area contributed by atoms with Crippen LogP contribution in [-0.2, 0) is 37.0 Å². The van der Waals surface area contributed by atoms with Crippen molar-refractivity contribution in [3.05, 3.63) is 68.9 Å². The van der Waals surface area contributed by atoms with Crippen molar-refractivity contribution >= 4 is 17.4 Å². The number of aryl methyl sites for hydroxylation is 1. The van der Waals surface area contributed by atoms with Crippen LogP contribution in [0.4, 0.5) is 37.8 Å². The maximum Gasteiger partial charge on any atom is 0.419 e. The lowest BCUT2D eigenvalue weighted by atomic mass is 9.93. The van der Waals surface area contributed by atoms with Crippen molar-refractivity contribution in [1.29, 1.82) is 0 Å². The Morgan fingerprint density at radius 1 is 1.14 bits per heavy atom. The first-order valence-electron chi connectivity index (χ1n) is 16.8. The Kier molecular flexibility index (Phi) is 8.92. The van der Waals surface area contributed by atoms with Gasteiger partial charge in [0.25, 0.3) is 12.0 Å². The summed E-state index contributed by atoms with van der Waals surface area (Å²) in [6, 6.07) is 1.63. The van der Waals surface area contributed by atoms with E-state index in [0.29, 0.717) is 73.4 Å². The first-order valence-corrected chi connectivity index (χ1v) is 16.8. The van der Waals surface area contributed by atoms with E-state index in [-0.39, 0.29) is 55.8 Å². The van der Waals surface area contributed by atoms with Crippen LogP contribution in [0.1, 0.15) is 75.9 Å². The molecule has 2 fully saturated rings. The zero-order chi connectivity index (χ0) is 36.4. The van der Waals surface area contributed by atoms with E-state index in [9.17, 15) is 31.1 Å². The Bertz CT molecular complexity index is 1910. The third-order valence-corrected chi connectivity index (χ3v) is 10.4. The van der Waals surface area contributed by atoms with Crippen molar-refractivity contribution in [1.82, 2.24) is 29.5 Å². The van der Waals surface area contributed by atoms with E-state index < -0.39 is 40.8 Å². The van der Waals surface area contributed by atoms with Gasteiger partial charge in [0, 0.05) is 62.5 Å². The first-order chi connectivity index (χ1) is 24.1. The van der Waals surface area contributed by atoms with Gasteiger partial charge in [-0.05, 0) is 56.8 Å². The van der Waals surface area contributed by atoms with Gasteiger partial charge in [-0.15, -0.1) is 0 Å². The Morgan fingerprint density at radius 3 is 2.65 bits per heavy atom. The molecule has 7 rings (SSSR count). The smallest absolute Gasteiger partial charge is 0.419 e. The SMILES string of the molecule is Cc1c(C(=O)N(C)C)nn2c1CN(c1nc(OC[C@@]34CCCN3CC(=C(F)F)C4)nc3c1CO[C@H](c1cc(N)cc(F)c1C(F)(F)F)C3)CCC2. The average molecular weight is 721 g/mol. The molecule has 6 heterocycles. The number of nitrogens with zero attached hydrogens (tertiary/aromatic N) is 7. The number of ether oxygens (including phenoxy) is 2. The standard InChI is InChI=1S/C34H38F6N8O3/c1-18-25-15-46(7-5-9-48(25)44-28(18)31(49)45(2)3)30-22-16-50-26(21-10-20(41)11-23(35)27(21)34(38,39)40)12-24(22)42-32(43-30)51-17-33-6-4-8-47(33)14-19(13-33)29(36)37/h10-11,26H,4-9,12-17,41H2,1-3H3/t26-,33-/m0/s1. The molecule has 2 atom stereocenters. The van der Waals surface area contributed by atoms with Gasteiger partial charge in [-0.1, -0.05) is 0 Å². The number of benzene rings is 1. The highest BCUT2D eigenvalue weighted by Crippen LogP contribution is 2.45. The lowest BCUT2D eigenvalue weighted by Crippen LogP contribution is -2.43. The molecule has 1 aromatic carbocycles. The average Bonchev–Trinajstić information content (AvgIpc) is 3.66. The van der Waals surface area contributed by atoms with Crippen LogP contribution in [0.5, 0.6) is 6.01 Å². The molecule has 1 amide bonds. The minimum absolute atomic E-state index is 0.0302. The van der Waals surface area contributed by atoms with Gasteiger partial charge in [-0.3, -0.25) is 14.4 Å². The minimum Gasteiger partial charge on any atom is -0.461 e. The van der Waals surface area contributed by atoms with Crippen LogP contribution >= 0.6 is 0 Å². The molecule has 0 bridgehead atoms. The fourth-order valence-corrected chi connectivity index (χ4v) is 7.86. The summed E-state index contributed by atoms with van der Waals surface area (Å²) in [5.41, 5.74) is 5.84. The van der Waals surface area contributed by atoms with Crippen LogP contribution in [0.25, 0.3) is 0 Å². The molecule has 17 heteroatoms. The van der Waals surface area contributed by atoms with E-state index in [1.807, 2.05) is 16.7 Å². The van der Waals surface area contributed by atoms with Crippen molar-refractivity contribution < 1.29 is 40.6 Å². The molecule has 4 aliphatic rings. The summed E-state index contributed by atoms with van der Waals surface area (Å²) < 4.78 is 98.4. The highest BCUT2D eigenvalue weighted by molar-refractivity contribution is 5.93. The molecule has 0 radical (unpaired) electrons. The first kappa shape index (κ1) is 35.0. The number of amides is 1. The van der Waals surface area contributed by atoms with Gasteiger partial charge < -0.3 is 25.0 Å². The topological polar surface area (TPSA) is 115 Å². The van der Waals surface area contributed by atoms with E-state index in [0.717, 1.165) is 18.2 Å². The van der Waals surface area contributed by atoms with E-state index in [1.165, 1.54) is 4.90 Å². The number of rotatable bonds is 6. The summed E-state index contributed by atoms with van der Waals surface area (Å²) in [5, 5.41) is 4.59. The normalized spacial score (nSPS) is 22.0. The van der Waals surface area contributed by atoms with Crippen molar-refractivity contribution in [3.63, 3.8) is 0 Å². The van der Waals surface area contributed by atoms with Crippen LogP contribution in [0.2, 0.25) is 0 Å². The number of alkyl halides is 3. The predicted molar refractivity (Wildman–Crippen MR) is 173 cm³/mol. The van der Waals surface area contributed by atoms with Crippen molar-refractivity contribution in [2.75, 3.05) is 51.0 Å². The van der Waals surface area contributed by atoms with Gasteiger partial charge >= 0.3 is 12.2 Å². The number of carbonyl (C=O) groups excluding carboxylic acids is 1.